The Morgan fingerprint density at radius 1 is 1.14 bits per heavy atom. The Labute approximate surface area is 164 Å². The SMILES string of the molecule is CCCC(=O)N1CCCC(C(=O)Nc2ccc(C(=O)NCCC(=O)O)cc2)C1. The maximum atomic E-state index is 12.5. The highest BCUT2D eigenvalue weighted by molar-refractivity contribution is 5.96. The van der Waals surface area contributed by atoms with Gasteiger partial charge in [-0.3, -0.25) is 19.2 Å². The maximum absolute atomic E-state index is 12.5. The largest absolute Gasteiger partial charge is 0.481 e. The molecule has 0 saturated carbocycles. The van der Waals surface area contributed by atoms with Crippen LogP contribution in [-0.4, -0.2) is 53.3 Å². The number of benzene rings is 1. The summed E-state index contributed by atoms with van der Waals surface area (Å²) in [6, 6.07) is 6.41. The number of rotatable bonds is 8. The molecule has 1 aromatic carbocycles. The van der Waals surface area contributed by atoms with Gasteiger partial charge in [-0.25, -0.2) is 0 Å². The molecule has 3 N–H and O–H groups in total. The van der Waals surface area contributed by atoms with Crippen LogP contribution in [0.5, 0.6) is 0 Å². The smallest absolute Gasteiger partial charge is 0.305 e. The van der Waals surface area contributed by atoms with E-state index in [1.54, 1.807) is 29.2 Å². The summed E-state index contributed by atoms with van der Waals surface area (Å²) in [6.45, 7) is 3.16. The first-order valence-corrected chi connectivity index (χ1v) is 9.59. The van der Waals surface area contributed by atoms with Gasteiger partial charge in [-0.05, 0) is 43.5 Å². The molecule has 2 rings (SSSR count). The monoisotopic (exact) mass is 389 g/mol. The molecule has 1 atom stereocenters. The zero-order valence-corrected chi connectivity index (χ0v) is 16.1. The lowest BCUT2D eigenvalue weighted by molar-refractivity contribution is -0.137. The molecular formula is C20H27N3O5. The van der Waals surface area contributed by atoms with Crippen LogP contribution in [0.15, 0.2) is 24.3 Å². The molecular weight excluding hydrogens is 362 g/mol. The van der Waals surface area contributed by atoms with Gasteiger partial charge in [-0.15, -0.1) is 0 Å². The van der Waals surface area contributed by atoms with Crippen LogP contribution in [0.3, 0.4) is 0 Å². The van der Waals surface area contributed by atoms with Crippen LogP contribution in [0.1, 0.15) is 49.4 Å². The average molecular weight is 389 g/mol. The standard InChI is InChI=1S/C20H27N3O5/c1-2-4-17(24)23-12-3-5-15(13-23)20(28)22-16-8-6-14(7-9-16)19(27)21-11-10-18(25)26/h6-9,15H,2-5,10-13H2,1H3,(H,21,27)(H,22,28)(H,25,26). The fourth-order valence-corrected chi connectivity index (χ4v) is 3.12. The number of amides is 3. The van der Waals surface area contributed by atoms with Crippen LogP contribution < -0.4 is 10.6 Å². The number of piperidine rings is 1. The molecule has 0 aromatic heterocycles. The van der Waals surface area contributed by atoms with Crippen LogP contribution in [-0.2, 0) is 14.4 Å². The van der Waals surface area contributed by atoms with E-state index >= 15 is 0 Å². The summed E-state index contributed by atoms with van der Waals surface area (Å²) < 4.78 is 0. The predicted octanol–water partition coefficient (Wildman–Crippen LogP) is 1.87. The van der Waals surface area contributed by atoms with E-state index in [-0.39, 0.29) is 36.6 Å². The molecule has 1 fully saturated rings. The fourth-order valence-electron chi connectivity index (χ4n) is 3.12. The minimum atomic E-state index is -0.976. The molecule has 1 heterocycles. The first-order valence-electron chi connectivity index (χ1n) is 9.59. The van der Waals surface area contributed by atoms with Crippen molar-refractivity contribution in [2.75, 3.05) is 25.0 Å². The van der Waals surface area contributed by atoms with E-state index in [1.165, 1.54) is 0 Å². The van der Waals surface area contributed by atoms with Crippen molar-refractivity contribution in [3.8, 4) is 0 Å². The lowest BCUT2D eigenvalue weighted by Crippen LogP contribution is -2.43. The Hall–Kier alpha value is -2.90. The summed E-state index contributed by atoms with van der Waals surface area (Å²) in [6.07, 6.45) is 2.71. The van der Waals surface area contributed by atoms with Crippen LogP contribution in [0, 0.1) is 5.92 Å². The molecule has 1 aliphatic rings. The number of hydrogen-bond donors (Lipinski definition) is 3. The zero-order chi connectivity index (χ0) is 20.5. The summed E-state index contributed by atoms with van der Waals surface area (Å²) >= 11 is 0. The third kappa shape index (κ3) is 6.37. The number of carboxylic acid groups (broad SMARTS) is 1. The third-order valence-electron chi connectivity index (χ3n) is 4.65. The summed E-state index contributed by atoms with van der Waals surface area (Å²) in [5.74, 6) is -1.62. The molecule has 28 heavy (non-hydrogen) atoms. The van der Waals surface area contributed by atoms with Gasteiger partial charge in [0.1, 0.15) is 0 Å². The molecule has 0 bridgehead atoms. The van der Waals surface area contributed by atoms with E-state index in [4.69, 9.17) is 5.11 Å². The predicted molar refractivity (Wildman–Crippen MR) is 104 cm³/mol. The normalized spacial score (nSPS) is 16.3. The molecule has 152 valence electrons. The Kier molecular flexibility index (Phi) is 7.98. The number of nitrogens with one attached hydrogen (secondary N) is 2. The van der Waals surface area contributed by atoms with Crippen molar-refractivity contribution in [2.45, 2.75) is 39.0 Å². The van der Waals surface area contributed by atoms with Gasteiger partial charge in [0.15, 0.2) is 0 Å². The maximum Gasteiger partial charge on any atom is 0.305 e. The molecule has 0 spiro atoms. The minimum absolute atomic E-state index is 0.0571. The summed E-state index contributed by atoms with van der Waals surface area (Å²) in [7, 11) is 0. The number of carbonyl (C=O) groups is 4. The first kappa shape index (κ1) is 21.4. The summed E-state index contributed by atoms with van der Waals surface area (Å²) in [5, 5.41) is 13.9. The minimum Gasteiger partial charge on any atom is -0.481 e. The Bertz CT molecular complexity index is 717. The van der Waals surface area contributed by atoms with Crippen molar-refractivity contribution >= 4 is 29.4 Å². The van der Waals surface area contributed by atoms with Crippen molar-refractivity contribution in [2.24, 2.45) is 5.92 Å². The molecule has 1 unspecified atom stereocenters. The van der Waals surface area contributed by atoms with Crippen molar-refractivity contribution in [1.82, 2.24) is 10.2 Å². The van der Waals surface area contributed by atoms with Crippen LogP contribution in [0.4, 0.5) is 5.69 Å². The fraction of sp³-hybridized carbons (Fsp3) is 0.500. The topological polar surface area (TPSA) is 116 Å². The van der Waals surface area contributed by atoms with Gasteiger partial charge in [0.25, 0.3) is 5.91 Å². The van der Waals surface area contributed by atoms with Crippen LogP contribution in [0.2, 0.25) is 0 Å². The number of hydrogen-bond acceptors (Lipinski definition) is 4. The molecule has 8 heteroatoms. The van der Waals surface area contributed by atoms with Gasteiger partial charge in [0.05, 0.1) is 12.3 Å². The molecule has 1 saturated heterocycles. The van der Waals surface area contributed by atoms with E-state index in [2.05, 4.69) is 10.6 Å². The average Bonchev–Trinajstić information content (AvgIpc) is 2.68. The quantitative estimate of drug-likeness (QED) is 0.628. The van der Waals surface area contributed by atoms with Crippen molar-refractivity contribution in [3.05, 3.63) is 29.8 Å². The van der Waals surface area contributed by atoms with Crippen molar-refractivity contribution in [3.63, 3.8) is 0 Å². The molecule has 8 nitrogen and oxygen atoms in total. The Balaban J connectivity index is 1.87. The van der Waals surface area contributed by atoms with E-state index < -0.39 is 5.97 Å². The zero-order valence-electron chi connectivity index (χ0n) is 16.1. The first-order chi connectivity index (χ1) is 13.4. The van der Waals surface area contributed by atoms with Crippen molar-refractivity contribution in [1.29, 1.82) is 0 Å². The van der Waals surface area contributed by atoms with Crippen LogP contribution in [0.25, 0.3) is 0 Å². The van der Waals surface area contributed by atoms with Gasteiger partial charge < -0.3 is 20.6 Å². The van der Waals surface area contributed by atoms with E-state index in [0.29, 0.717) is 30.8 Å². The summed E-state index contributed by atoms with van der Waals surface area (Å²) in [5.41, 5.74) is 0.960. The van der Waals surface area contributed by atoms with Gasteiger partial charge >= 0.3 is 5.97 Å². The summed E-state index contributed by atoms with van der Waals surface area (Å²) in [4.78, 5) is 48.8. The number of carbonyl (C=O) groups excluding carboxylic acids is 3. The van der Waals surface area contributed by atoms with Gasteiger partial charge in [-0.1, -0.05) is 6.92 Å². The number of anilines is 1. The molecule has 0 aliphatic carbocycles. The third-order valence-corrected chi connectivity index (χ3v) is 4.65. The second-order valence-electron chi connectivity index (χ2n) is 6.90. The van der Waals surface area contributed by atoms with E-state index in [0.717, 1.165) is 19.3 Å². The number of aliphatic carboxylic acids is 1. The molecule has 0 radical (unpaired) electrons. The van der Waals surface area contributed by atoms with Gasteiger partial charge in [0, 0.05) is 37.3 Å². The second-order valence-corrected chi connectivity index (χ2v) is 6.90. The van der Waals surface area contributed by atoms with Crippen LogP contribution >= 0.6 is 0 Å². The number of nitrogens with zero attached hydrogens (tertiary/aromatic N) is 1. The van der Waals surface area contributed by atoms with E-state index in [1.807, 2.05) is 6.92 Å². The molecule has 1 aromatic rings. The highest BCUT2D eigenvalue weighted by Crippen LogP contribution is 2.20. The Morgan fingerprint density at radius 2 is 1.86 bits per heavy atom. The van der Waals surface area contributed by atoms with Crippen molar-refractivity contribution < 1.29 is 24.3 Å². The Morgan fingerprint density at radius 3 is 2.50 bits per heavy atom. The lowest BCUT2D eigenvalue weighted by atomic mass is 9.96. The van der Waals surface area contributed by atoms with Gasteiger partial charge in [0.2, 0.25) is 11.8 Å². The molecule has 3 amide bonds. The van der Waals surface area contributed by atoms with E-state index in [9.17, 15) is 19.2 Å². The number of carboxylic acids is 1. The highest BCUT2D eigenvalue weighted by Gasteiger charge is 2.28. The van der Waals surface area contributed by atoms with Gasteiger partial charge in [-0.2, -0.15) is 0 Å². The lowest BCUT2D eigenvalue weighted by Gasteiger charge is -2.32. The number of likely N-dealkylation sites (tertiary alicyclic amines) is 1. The molecule has 1 aliphatic heterocycles. The second kappa shape index (κ2) is 10.4. The highest BCUT2D eigenvalue weighted by atomic mass is 16.4.